The Morgan fingerprint density at radius 3 is 2.50 bits per heavy atom. The number of ether oxygens (including phenoxy) is 1. The van der Waals surface area contributed by atoms with Crippen LogP contribution in [0.5, 0.6) is 5.75 Å². The van der Waals surface area contributed by atoms with Gasteiger partial charge in [0.2, 0.25) is 0 Å². The summed E-state index contributed by atoms with van der Waals surface area (Å²) in [5.41, 5.74) is 0. The van der Waals surface area contributed by atoms with E-state index in [-0.39, 0.29) is 12.6 Å². The first-order chi connectivity index (χ1) is 7.90. The van der Waals surface area contributed by atoms with E-state index in [9.17, 15) is 5.11 Å². The van der Waals surface area contributed by atoms with E-state index in [0.29, 0.717) is 6.61 Å². The molecule has 3 nitrogen and oxygen atoms in total. The molecular weight excluding hydrogens is 202 g/mol. The van der Waals surface area contributed by atoms with Gasteiger partial charge in [-0.15, -0.1) is 0 Å². The lowest BCUT2D eigenvalue weighted by Crippen LogP contribution is -2.40. The first-order valence-electron chi connectivity index (χ1n) is 5.93. The van der Waals surface area contributed by atoms with Crippen molar-refractivity contribution in [3.63, 3.8) is 0 Å². The third kappa shape index (κ3) is 2.97. The Kier molecular flexibility index (Phi) is 4.19. The van der Waals surface area contributed by atoms with Crippen LogP contribution in [0.2, 0.25) is 0 Å². The summed E-state index contributed by atoms with van der Waals surface area (Å²) in [6.07, 6.45) is 2.48. The summed E-state index contributed by atoms with van der Waals surface area (Å²) in [5, 5.41) is 9.34. The molecule has 0 radical (unpaired) electrons. The number of nitrogens with zero attached hydrogens (tertiary/aromatic N) is 1. The molecule has 1 heterocycles. The van der Waals surface area contributed by atoms with E-state index in [1.165, 1.54) is 12.8 Å². The topological polar surface area (TPSA) is 32.7 Å². The Hall–Kier alpha value is -1.06. The van der Waals surface area contributed by atoms with E-state index in [1.807, 2.05) is 30.3 Å². The molecular formula is C13H19NO2. The molecule has 0 saturated carbocycles. The van der Waals surface area contributed by atoms with Crippen molar-refractivity contribution in [2.75, 3.05) is 26.3 Å². The van der Waals surface area contributed by atoms with Crippen molar-refractivity contribution in [3.8, 4) is 5.75 Å². The molecule has 88 valence electrons. The Balaban J connectivity index is 1.83. The summed E-state index contributed by atoms with van der Waals surface area (Å²) in [7, 11) is 0. The van der Waals surface area contributed by atoms with Crippen LogP contribution >= 0.6 is 0 Å². The normalized spacial score (nSPS) is 18.6. The van der Waals surface area contributed by atoms with Gasteiger partial charge in [-0.05, 0) is 38.1 Å². The Labute approximate surface area is 96.6 Å². The van der Waals surface area contributed by atoms with Crippen LogP contribution in [0.25, 0.3) is 0 Å². The summed E-state index contributed by atoms with van der Waals surface area (Å²) in [6.45, 7) is 2.92. The lowest BCUT2D eigenvalue weighted by atomic mass is 10.3. The summed E-state index contributed by atoms with van der Waals surface area (Å²) in [5.74, 6) is 0.875. The number of hydrogen-bond acceptors (Lipinski definition) is 3. The quantitative estimate of drug-likeness (QED) is 0.818. The molecule has 1 saturated heterocycles. The highest BCUT2D eigenvalue weighted by Crippen LogP contribution is 2.14. The maximum Gasteiger partial charge on any atom is 0.119 e. The minimum Gasteiger partial charge on any atom is -0.492 e. The number of likely N-dealkylation sites (tertiary alicyclic amines) is 1. The van der Waals surface area contributed by atoms with Gasteiger partial charge in [0.25, 0.3) is 0 Å². The monoisotopic (exact) mass is 221 g/mol. The maximum atomic E-state index is 9.34. The fraction of sp³-hybridized carbons (Fsp3) is 0.538. The van der Waals surface area contributed by atoms with Crippen molar-refractivity contribution >= 4 is 0 Å². The second-order valence-electron chi connectivity index (χ2n) is 4.20. The van der Waals surface area contributed by atoms with Gasteiger partial charge in [0, 0.05) is 0 Å². The fourth-order valence-corrected chi connectivity index (χ4v) is 2.09. The van der Waals surface area contributed by atoms with Crippen LogP contribution in [-0.4, -0.2) is 42.4 Å². The smallest absolute Gasteiger partial charge is 0.119 e. The molecule has 1 aromatic rings. The van der Waals surface area contributed by atoms with Crippen molar-refractivity contribution in [3.05, 3.63) is 30.3 Å². The Bertz CT molecular complexity index is 296. The van der Waals surface area contributed by atoms with Crippen molar-refractivity contribution in [1.29, 1.82) is 0 Å². The van der Waals surface area contributed by atoms with Gasteiger partial charge in [-0.3, -0.25) is 4.90 Å². The van der Waals surface area contributed by atoms with Crippen molar-refractivity contribution in [1.82, 2.24) is 4.90 Å². The molecule has 1 aliphatic heterocycles. The average Bonchev–Trinajstić information content (AvgIpc) is 2.85. The second-order valence-corrected chi connectivity index (χ2v) is 4.20. The van der Waals surface area contributed by atoms with Gasteiger partial charge in [-0.2, -0.15) is 0 Å². The van der Waals surface area contributed by atoms with Crippen LogP contribution in [0, 0.1) is 0 Å². The molecule has 1 aromatic carbocycles. The third-order valence-electron chi connectivity index (χ3n) is 3.05. The zero-order valence-electron chi connectivity index (χ0n) is 9.51. The first-order valence-corrected chi connectivity index (χ1v) is 5.93. The standard InChI is InChI=1S/C13H19NO2/c15-10-12(14-8-4-5-9-14)11-16-13-6-2-1-3-7-13/h1-3,6-7,12,15H,4-5,8-11H2. The molecule has 1 fully saturated rings. The molecule has 0 aromatic heterocycles. The summed E-state index contributed by atoms with van der Waals surface area (Å²) < 4.78 is 5.67. The van der Waals surface area contributed by atoms with Crippen LogP contribution < -0.4 is 4.74 Å². The number of aliphatic hydroxyl groups excluding tert-OH is 1. The molecule has 0 bridgehead atoms. The molecule has 1 N–H and O–H groups in total. The summed E-state index contributed by atoms with van der Waals surface area (Å²) in [4.78, 5) is 2.31. The van der Waals surface area contributed by atoms with Gasteiger partial charge in [0.15, 0.2) is 0 Å². The van der Waals surface area contributed by atoms with E-state index in [0.717, 1.165) is 18.8 Å². The van der Waals surface area contributed by atoms with Crippen LogP contribution in [0.4, 0.5) is 0 Å². The van der Waals surface area contributed by atoms with Gasteiger partial charge in [-0.25, -0.2) is 0 Å². The van der Waals surface area contributed by atoms with E-state index in [2.05, 4.69) is 4.90 Å². The van der Waals surface area contributed by atoms with Gasteiger partial charge in [0.1, 0.15) is 12.4 Å². The minimum absolute atomic E-state index is 0.141. The highest BCUT2D eigenvalue weighted by Gasteiger charge is 2.21. The second kappa shape index (κ2) is 5.87. The maximum absolute atomic E-state index is 9.34. The van der Waals surface area contributed by atoms with Crippen molar-refractivity contribution in [2.45, 2.75) is 18.9 Å². The molecule has 1 unspecified atom stereocenters. The van der Waals surface area contributed by atoms with Gasteiger partial charge >= 0.3 is 0 Å². The van der Waals surface area contributed by atoms with Crippen LogP contribution in [0.3, 0.4) is 0 Å². The lowest BCUT2D eigenvalue weighted by Gasteiger charge is -2.25. The largest absolute Gasteiger partial charge is 0.492 e. The average molecular weight is 221 g/mol. The summed E-state index contributed by atoms with van der Waals surface area (Å²) >= 11 is 0. The van der Waals surface area contributed by atoms with Gasteiger partial charge in [-0.1, -0.05) is 18.2 Å². The van der Waals surface area contributed by atoms with E-state index in [4.69, 9.17) is 4.74 Å². The zero-order chi connectivity index (χ0) is 11.2. The molecule has 0 spiro atoms. The van der Waals surface area contributed by atoms with E-state index >= 15 is 0 Å². The van der Waals surface area contributed by atoms with Gasteiger partial charge in [0.05, 0.1) is 12.6 Å². The first kappa shape index (κ1) is 11.4. The predicted octanol–water partition coefficient (Wildman–Crippen LogP) is 1.52. The summed E-state index contributed by atoms with van der Waals surface area (Å²) in [6, 6.07) is 9.91. The zero-order valence-corrected chi connectivity index (χ0v) is 9.51. The number of rotatable bonds is 5. The highest BCUT2D eigenvalue weighted by atomic mass is 16.5. The molecule has 16 heavy (non-hydrogen) atoms. The minimum atomic E-state index is 0.141. The van der Waals surface area contributed by atoms with Crippen molar-refractivity contribution in [2.24, 2.45) is 0 Å². The van der Waals surface area contributed by atoms with Gasteiger partial charge < -0.3 is 9.84 Å². The predicted molar refractivity (Wildman–Crippen MR) is 63.6 cm³/mol. The lowest BCUT2D eigenvalue weighted by molar-refractivity contribution is 0.0998. The fourth-order valence-electron chi connectivity index (χ4n) is 2.09. The number of benzene rings is 1. The molecule has 0 amide bonds. The highest BCUT2D eigenvalue weighted by molar-refractivity contribution is 5.20. The van der Waals surface area contributed by atoms with Crippen LogP contribution in [-0.2, 0) is 0 Å². The molecule has 3 heteroatoms. The Morgan fingerprint density at radius 2 is 1.88 bits per heavy atom. The number of hydrogen-bond donors (Lipinski definition) is 1. The van der Waals surface area contributed by atoms with Crippen LogP contribution in [0.15, 0.2) is 30.3 Å². The van der Waals surface area contributed by atoms with E-state index in [1.54, 1.807) is 0 Å². The van der Waals surface area contributed by atoms with Crippen molar-refractivity contribution < 1.29 is 9.84 Å². The molecule has 0 aliphatic carbocycles. The number of aliphatic hydroxyl groups is 1. The number of para-hydroxylation sites is 1. The molecule has 1 aliphatic rings. The SMILES string of the molecule is OCC(COc1ccccc1)N1CCCC1. The third-order valence-corrected chi connectivity index (χ3v) is 3.05. The molecule has 2 rings (SSSR count). The Morgan fingerprint density at radius 1 is 1.19 bits per heavy atom. The molecule has 1 atom stereocenters. The van der Waals surface area contributed by atoms with Crippen LogP contribution in [0.1, 0.15) is 12.8 Å². The van der Waals surface area contributed by atoms with E-state index < -0.39 is 0 Å².